The van der Waals surface area contributed by atoms with Gasteiger partial charge in [-0.2, -0.15) is 0 Å². The van der Waals surface area contributed by atoms with Crippen molar-refractivity contribution >= 4 is 20.4 Å². The third-order valence-corrected chi connectivity index (χ3v) is 2.51. The highest BCUT2D eigenvalue weighted by molar-refractivity contribution is 7.10. The van der Waals surface area contributed by atoms with Gasteiger partial charge in [-0.25, -0.2) is 9.97 Å². The molecule has 0 fully saturated rings. The Hall–Kier alpha value is -1.21. The lowest BCUT2D eigenvalue weighted by Gasteiger charge is -2.06. The molecule has 0 aliphatic heterocycles. The molecule has 1 heterocycles. The zero-order valence-corrected chi connectivity index (χ0v) is 9.27. The van der Waals surface area contributed by atoms with Crippen LogP contribution in [-0.2, 0) is 0 Å². The molecular weight excluding hydrogens is 195 g/mol. The molecule has 0 radical (unpaired) electrons. The predicted molar refractivity (Wildman–Crippen MR) is 59.4 cm³/mol. The Morgan fingerprint density at radius 2 is 2.00 bits per heavy atom. The Morgan fingerprint density at radius 3 is 2.71 bits per heavy atom. The van der Waals surface area contributed by atoms with Crippen molar-refractivity contribution in [2.24, 2.45) is 0 Å². The zero-order chi connectivity index (χ0) is 10.1. The summed E-state index contributed by atoms with van der Waals surface area (Å²) in [6.07, 6.45) is 1.57. The highest BCUT2D eigenvalue weighted by Gasteiger charge is 2.04. The van der Waals surface area contributed by atoms with E-state index in [1.165, 1.54) is 0 Å². The van der Waals surface area contributed by atoms with E-state index in [1.807, 2.05) is 26.0 Å². The minimum absolute atomic E-state index is 0.834. The van der Waals surface area contributed by atoms with E-state index < -0.39 is 0 Å². The summed E-state index contributed by atoms with van der Waals surface area (Å²) in [4.78, 5) is 8.34. The van der Waals surface area contributed by atoms with Gasteiger partial charge in [0.2, 0.25) is 0 Å². The summed E-state index contributed by atoms with van der Waals surface area (Å²) in [5.41, 5.74) is 3.00. The molecule has 2 rings (SSSR count). The summed E-state index contributed by atoms with van der Waals surface area (Å²) in [5.74, 6) is 0.834. The maximum atomic E-state index is 5.15. The first-order chi connectivity index (χ1) is 6.72. The van der Waals surface area contributed by atoms with Crippen LogP contribution < -0.4 is 4.52 Å². The molecule has 72 valence electrons. The summed E-state index contributed by atoms with van der Waals surface area (Å²) < 4.78 is 5.15. The van der Waals surface area contributed by atoms with Crippen molar-refractivity contribution in [1.29, 1.82) is 0 Å². The van der Waals surface area contributed by atoms with E-state index in [9.17, 15) is 0 Å². The molecule has 3 nitrogen and oxygen atoms in total. The smallest absolute Gasteiger partial charge is 0.127 e. The highest BCUT2D eigenvalue weighted by atomic mass is 31.0. The van der Waals surface area contributed by atoms with Crippen LogP contribution in [0.25, 0.3) is 10.9 Å². The second kappa shape index (κ2) is 3.50. The molecule has 4 heteroatoms. The van der Waals surface area contributed by atoms with Gasteiger partial charge in [-0.05, 0) is 25.5 Å². The number of hydrogen-bond donors (Lipinski definition) is 0. The third-order valence-electron chi connectivity index (χ3n) is 2.26. The van der Waals surface area contributed by atoms with E-state index >= 15 is 0 Å². The average Bonchev–Trinajstić information content (AvgIpc) is 2.19. The Bertz CT molecular complexity index is 485. The first kappa shape index (κ1) is 9.35. The van der Waals surface area contributed by atoms with Gasteiger partial charge in [0.05, 0.1) is 15.0 Å². The quantitative estimate of drug-likeness (QED) is 0.672. The molecule has 1 aromatic heterocycles. The fraction of sp³-hybridized carbons (Fsp3) is 0.200. The fourth-order valence-corrected chi connectivity index (χ4v) is 1.70. The first-order valence-electron chi connectivity index (χ1n) is 4.31. The van der Waals surface area contributed by atoms with Crippen LogP contribution in [-0.4, -0.2) is 9.97 Å². The van der Waals surface area contributed by atoms with Gasteiger partial charge in [-0.1, -0.05) is 0 Å². The van der Waals surface area contributed by atoms with Crippen LogP contribution in [0.5, 0.6) is 5.75 Å². The maximum Gasteiger partial charge on any atom is 0.127 e. The molecule has 0 N–H and O–H groups in total. The van der Waals surface area contributed by atoms with Gasteiger partial charge in [-0.3, -0.25) is 0 Å². The molecule has 1 unspecified atom stereocenters. The number of nitrogens with zero attached hydrogens (tertiary/aromatic N) is 2. The van der Waals surface area contributed by atoms with Crippen LogP contribution in [0.3, 0.4) is 0 Å². The Balaban J connectivity index is 2.79. The lowest BCUT2D eigenvalue weighted by Crippen LogP contribution is -1.89. The number of aryl methyl sites for hydroxylation is 2. The molecule has 0 aliphatic rings. The molecule has 0 aliphatic carbocycles. The molecule has 0 saturated heterocycles. The van der Waals surface area contributed by atoms with Crippen LogP contribution in [0.15, 0.2) is 18.5 Å². The lowest BCUT2D eigenvalue weighted by molar-refractivity contribution is 0.641. The maximum absolute atomic E-state index is 5.15. The van der Waals surface area contributed by atoms with Crippen LogP contribution >= 0.6 is 9.47 Å². The van der Waals surface area contributed by atoms with E-state index in [-0.39, 0.29) is 0 Å². The topological polar surface area (TPSA) is 35.0 Å². The molecule has 14 heavy (non-hydrogen) atoms. The summed E-state index contributed by atoms with van der Waals surface area (Å²) >= 11 is 0. The summed E-state index contributed by atoms with van der Waals surface area (Å²) in [5, 5.41) is 1.08. The third kappa shape index (κ3) is 1.44. The number of hydrogen-bond acceptors (Lipinski definition) is 3. The fourth-order valence-electron chi connectivity index (χ4n) is 1.45. The second-order valence-corrected chi connectivity index (χ2v) is 3.45. The van der Waals surface area contributed by atoms with E-state index in [0.717, 1.165) is 27.9 Å². The molecule has 0 saturated carbocycles. The predicted octanol–water partition coefficient (Wildman–Crippen LogP) is 2.42. The number of rotatable bonds is 1. The number of aromatic nitrogens is 2. The summed E-state index contributed by atoms with van der Waals surface area (Å²) in [6.45, 7) is 3.98. The molecule has 0 spiro atoms. The van der Waals surface area contributed by atoms with Crippen molar-refractivity contribution in [1.82, 2.24) is 9.97 Å². The van der Waals surface area contributed by atoms with Gasteiger partial charge >= 0.3 is 0 Å². The van der Waals surface area contributed by atoms with Gasteiger partial charge in [-0.15, -0.1) is 0 Å². The van der Waals surface area contributed by atoms with Crippen LogP contribution in [0.1, 0.15) is 11.3 Å². The van der Waals surface area contributed by atoms with Gasteiger partial charge < -0.3 is 4.52 Å². The largest absolute Gasteiger partial charge is 0.480 e. The summed E-state index contributed by atoms with van der Waals surface area (Å²) in [6, 6.07) is 3.97. The minimum atomic E-state index is 0.834. The molecule has 0 bridgehead atoms. The Morgan fingerprint density at radius 1 is 1.21 bits per heavy atom. The van der Waals surface area contributed by atoms with Crippen LogP contribution in [0.2, 0.25) is 0 Å². The molecule has 0 amide bonds. The zero-order valence-electron chi connectivity index (χ0n) is 8.11. The Labute approximate surface area is 84.8 Å². The van der Waals surface area contributed by atoms with Gasteiger partial charge in [0.1, 0.15) is 12.1 Å². The van der Waals surface area contributed by atoms with Crippen molar-refractivity contribution < 1.29 is 4.52 Å². The van der Waals surface area contributed by atoms with Gasteiger partial charge in [0, 0.05) is 17.1 Å². The first-order valence-corrected chi connectivity index (χ1v) is 4.78. The Kier molecular flexibility index (Phi) is 2.34. The normalized spacial score (nSPS) is 10.5. The van der Waals surface area contributed by atoms with Crippen LogP contribution in [0.4, 0.5) is 0 Å². The van der Waals surface area contributed by atoms with E-state index in [4.69, 9.17) is 4.52 Å². The van der Waals surface area contributed by atoms with Gasteiger partial charge in [0.25, 0.3) is 0 Å². The highest BCUT2D eigenvalue weighted by Crippen LogP contribution is 2.26. The number of fused-ring (bicyclic) bond motifs is 1. The number of benzene rings is 1. The van der Waals surface area contributed by atoms with Crippen molar-refractivity contribution in [3.63, 3.8) is 0 Å². The molecule has 2 aromatic rings. The second-order valence-electron chi connectivity index (χ2n) is 3.21. The standard InChI is InChI=1S/C10H11N2OP/c1-6-3-8-7(2)11-5-12-9(8)4-10(6)13-14/h3-5H,14H2,1-2H3. The monoisotopic (exact) mass is 206 g/mol. The van der Waals surface area contributed by atoms with Crippen molar-refractivity contribution in [3.8, 4) is 5.75 Å². The van der Waals surface area contributed by atoms with Crippen molar-refractivity contribution in [3.05, 3.63) is 29.7 Å². The van der Waals surface area contributed by atoms with Crippen molar-refractivity contribution in [2.45, 2.75) is 13.8 Å². The SMILES string of the molecule is Cc1cc2c(C)ncnc2cc1OP. The van der Waals surface area contributed by atoms with E-state index in [1.54, 1.807) is 6.33 Å². The average molecular weight is 206 g/mol. The van der Waals surface area contributed by atoms with Crippen LogP contribution in [0, 0.1) is 13.8 Å². The van der Waals surface area contributed by atoms with E-state index in [2.05, 4.69) is 19.4 Å². The van der Waals surface area contributed by atoms with Gasteiger partial charge in [0.15, 0.2) is 0 Å². The van der Waals surface area contributed by atoms with Crippen molar-refractivity contribution in [2.75, 3.05) is 0 Å². The molecule has 1 aromatic carbocycles. The summed E-state index contributed by atoms with van der Waals surface area (Å²) in [7, 11) is 2.25. The minimum Gasteiger partial charge on any atom is -0.480 e. The molecular formula is C10H11N2OP. The van der Waals surface area contributed by atoms with E-state index in [0.29, 0.717) is 0 Å². The molecule has 1 atom stereocenters. The lowest BCUT2D eigenvalue weighted by atomic mass is 10.1.